The van der Waals surface area contributed by atoms with Crippen molar-refractivity contribution in [3.05, 3.63) is 47.7 Å². The average molecular weight is 383 g/mol. The van der Waals surface area contributed by atoms with E-state index in [-0.39, 0.29) is 17.7 Å². The number of piperidine rings is 1. The molecular weight excluding hydrogens is 358 g/mol. The molecule has 0 radical (unpaired) electrons. The lowest BCUT2D eigenvalue weighted by atomic mass is 9.53. The predicted molar refractivity (Wildman–Crippen MR) is 103 cm³/mol. The van der Waals surface area contributed by atoms with Crippen LogP contribution in [0.2, 0.25) is 0 Å². The summed E-state index contributed by atoms with van der Waals surface area (Å²) in [6.45, 7) is 4.38. The van der Waals surface area contributed by atoms with Gasteiger partial charge in [0, 0.05) is 35.4 Å². The standard InChI is InChI=1S/C22H25NO5/c1-5-19(25)28-21-17(26-3)7-6-13-10-15-14-11-18(27-4)16(24)12-22(14,20(13)21)8-9-23(15)2/h5-7,11,14-15H,1,8-10,12H2,2-4H3/t14-,15+,22-/m1/s1. The second-order valence-corrected chi connectivity index (χ2v) is 7.78. The third kappa shape index (κ3) is 2.58. The number of benzene rings is 1. The number of rotatable bonds is 4. The first-order valence-electron chi connectivity index (χ1n) is 9.49. The van der Waals surface area contributed by atoms with Crippen molar-refractivity contribution < 1.29 is 23.8 Å². The van der Waals surface area contributed by atoms with Crippen molar-refractivity contribution in [2.24, 2.45) is 5.92 Å². The Kier molecular flexibility index (Phi) is 4.54. The summed E-state index contributed by atoms with van der Waals surface area (Å²) in [5, 5.41) is 0. The van der Waals surface area contributed by atoms with Crippen LogP contribution in [0, 0.1) is 5.92 Å². The lowest BCUT2D eigenvalue weighted by Crippen LogP contribution is -2.60. The van der Waals surface area contributed by atoms with Crippen molar-refractivity contribution in [3.63, 3.8) is 0 Å². The fourth-order valence-corrected chi connectivity index (χ4v) is 5.25. The second-order valence-electron chi connectivity index (χ2n) is 7.78. The molecule has 2 bridgehead atoms. The number of hydrogen-bond acceptors (Lipinski definition) is 6. The van der Waals surface area contributed by atoms with E-state index < -0.39 is 11.4 Å². The largest absolute Gasteiger partial charge is 0.493 e. The first kappa shape index (κ1) is 18.7. The number of hydrogen-bond donors (Lipinski definition) is 0. The maximum Gasteiger partial charge on any atom is 0.335 e. The Labute approximate surface area is 164 Å². The van der Waals surface area contributed by atoms with Gasteiger partial charge < -0.3 is 19.1 Å². The van der Waals surface area contributed by atoms with Gasteiger partial charge in [-0.15, -0.1) is 0 Å². The van der Waals surface area contributed by atoms with Crippen LogP contribution in [0.25, 0.3) is 0 Å². The van der Waals surface area contributed by atoms with Crippen LogP contribution in [0.15, 0.2) is 36.6 Å². The number of esters is 1. The van der Waals surface area contributed by atoms with Crippen molar-refractivity contribution in [3.8, 4) is 11.5 Å². The Morgan fingerprint density at radius 1 is 1.32 bits per heavy atom. The Morgan fingerprint density at radius 3 is 2.79 bits per heavy atom. The third-order valence-electron chi connectivity index (χ3n) is 6.56. The molecule has 0 saturated carbocycles. The fourth-order valence-electron chi connectivity index (χ4n) is 5.25. The number of carbonyl (C=O) groups excluding carboxylic acids is 2. The Hall–Kier alpha value is -2.60. The molecule has 1 aromatic rings. The Balaban J connectivity index is 1.97. The highest BCUT2D eigenvalue weighted by Gasteiger charge is 2.56. The van der Waals surface area contributed by atoms with Crippen molar-refractivity contribution in [2.75, 3.05) is 27.8 Å². The summed E-state index contributed by atoms with van der Waals surface area (Å²) in [4.78, 5) is 27.3. The molecule has 0 N–H and O–H groups in total. The number of fused-ring (bicyclic) bond motifs is 1. The molecule has 1 saturated heterocycles. The molecule has 28 heavy (non-hydrogen) atoms. The smallest absolute Gasteiger partial charge is 0.335 e. The molecule has 3 atom stereocenters. The highest BCUT2D eigenvalue weighted by atomic mass is 16.6. The maximum absolute atomic E-state index is 12.8. The molecule has 3 aliphatic rings. The average Bonchev–Trinajstić information content (AvgIpc) is 2.69. The molecule has 1 aromatic carbocycles. The van der Waals surface area contributed by atoms with E-state index in [1.807, 2.05) is 18.2 Å². The molecular formula is C22H25NO5. The lowest BCUT2D eigenvalue weighted by molar-refractivity contribution is -0.129. The van der Waals surface area contributed by atoms with Crippen LogP contribution in [-0.2, 0) is 26.2 Å². The van der Waals surface area contributed by atoms with Crippen LogP contribution in [0.3, 0.4) is 0 Å². The first-order chi connectivity index (χ1) is 13.4. The molecule has 0 unspecified atom stereocenters. The van der Waals surface area contributed by atoms with E-state index in [1.54, 1.807) is 7.11 Å². The van der Waals surface area contributed by atoms with Gasteiger partial charge in [-0.25, -0.2) is 4.79 Å². The van der Waals surface area contributed by atoms with Crippen LogP contribution in [0.4, 0.5) is 0 Å². The van der Waals surface area contributed by atoms with Crippen molar-refractivity contribution in [1.29, 1.82) is 0 Å². The number of nitrogens with zero attached hydrogens (tertiary/aromatic N) is 1. The molecule has 0 aromatic heterocycles. The minimum atomic E-state index is -0.537. The SMILES string of the molecule is C=CC(=O)Oc1c(OC)ccc2c1[C@@]13CCN(C)[C@@H](C2)[C@H]1C=C(OC)C(=O)C3. The zero-order chi connectivity index (χ0) is 20.1. The van der Waals surface area contributed by atoms with Crippen LogP contribution >= 0.6 is 0 Å². The molecule has 1 aliphatic heterocycles. The van der Waals surface area contributed by atoms with Gasteiger partial charge in [0.05, 0.1) is 14.2 Å². The number of Topliss-reactive ketones (excluding diaryl/α,β-unsaturated/α-hetero) is 1. The first-order valence-corrected chi connectivity index (χ1v) is 9.49. The highest BCUT2D eigenvalue weighted by molar-refractivity contribution is 5.96. The second kappa shape index (κ2) is 6.78. The van der Waals surface area contributed by atoms with Crippen molar-refractivity contribution in [2.45, 2.75) is 30.7 Å². The van der Waals surface area contributed by atoms with E-state index in [9.17, 15) is 9.59 Å². The van der Waals surface area contributed by atoms with Gasteiger partial charge >= 0.3 is 5.97 Å². The molecule has 6 heteroatoms. The number of likely N-dealkylation sites (N-methyl/N-ethyl adjacent to an activating group) is 1. The van der Waals surface area contributed by atoms with Gasteiger partial charge in [-0.3, -0.25) is 4.79 Å². The van der Waals surface area contributed by atoms with Gasteiger partial charge in [-0.05, 0) is 44.1 Å². The number of methoxy groups -OCH3 is 2. The zero-order valence-corrected chi connectivity index (χ0v) is 16.5. The van der Waals surface area contributed by atoms with E-state index in [1.165, 1.54) is 7.11 Å². The monoisotopic (exact) mass is 383 g/mol. The topological polar surface area (TPSA) is 65.1 Å². The Bertz CT molecular complexity index is 889. The molecule has 2 aliphatic carbocycles. The number of ether oxygens (including phenoxy) is 3. The molecule has 1 heterocycles. The molecule has 0 amide bonds. The van der Waals surface area contributed by atoms with Gasteiger partial charge in [-0.2, -0.15) is 0 Å². The minimum Gasteiger partial charge on any atom is -0.493 e. The Morgan fingerprint density at radius 2 is 2.11 bits per heavy atom. The van der Waals surface area contributed by atoms with Crippen molar-refractivity contribution in [1.82, 2.24) is 4.90 Å². The van der Waals surface area contributed by atoms with Crippen LogP contribution < -0.4 is 9.47 Å². The van der Waals surface area contributed by atoms with Crippen molar-refractivity contribution >= 4 is 11.8 Å². The van der Waals surface area contributed by atoms with Gasteiger partial charge in [-0.1, -0.05) is 12.6 Å². The van der Waals surface area contributed by atoms with Gasteiger partial charge in [0.2, 0.25) is 0 Å². The summed E-state index contributed by atoms with van der Waals surface area (Å²) in [7, 11) is 5.22. The summed E-state index contributed by atoms with van der Waals surface area (Å²) < 4.78 is 16.6. The molecule has 0 spiro atoms. The lowest BCUT2D eigenvalue weighted by Gasteiger charge is -2.56. The number of ketones is 1. The van der Waals surface area contributed by atoms with Gasteiger partial charge in [0.15, 0.2) is 23.0 Å². The molecule has 6 nitrogen and oxygen atoms in total. The van der Waals surface area contributed by atoms with E-state index >= 15 is 0 Å². The van der Waals surface area contributed by atoms with Gasteiger partial charge in [0.25, 0.3) is 0 Å². The van der Waals surface area contributed by atoms with Crippen LogP contribution in [0.5, 0.6) is 11.5 Å². The molecule has 4 rings (SSSR count). The van der Waals surface area contributed by atoms with Crippen LogP contribution in [0.1, 0.15) is 24.0 Å². The number of allylic oxidation sites excluding steroid dienone is 1. The summed E-state index contributed by atoms with van der Waals surface area (Å²) in [6, 6.07) is 4.12. The quantitative estimate of drug-likeness (QED) is 0.452. The number of likely N-dealkylation sites (tertiary alicyclic amines) is 1. The third-order valence-corrected chi connectivity index (χ3v) is 6.56. The number of carbonyl (C=O) groups is 2. The van der Waals surface area contributed by atoms with Crippen LogP contribution in [-0.4, -0.2) is 50.5 Å². The van der Waals surface area contributed by atoms with E-state index in [4.69, 9.17) is 14.2 Å². The highest BCUT2D eigenvalue weighted by Crippen LogP contribution is 2.58. The van der Waals surface area contributed by atoms with Gasteiger partial charge in [0.1, 0.15) is 0 Å². The maximum atomic E-state index is 12.8. The summed E-state index contributed by atoms with van der Waals surface area (Å²) in [5.41, 5.74) is 1.59. The molecule has 1 fully saturated rings. The van der Waals surface area contributed by atoms with E-state index in [0.717, 1.165) is 36.6 Å². The zero-order valence-electron chi connectivity index (χ0n) is 16.5. The normalized spacial score (nSPS) is 28.5. The summed E-state index contributed by atoms with van der Waals surface area (Å²) in [6.07, 6.45) is 5.06. The predicted octanol–water partition coefficient (Wildman–Crippen LogP) is 2.40. The summed E-state index contributed by atoms with van der Waals surface area (Å²) >= 11 is 0. The molecule has 148 valence electrons. The van der Waals surface area contributed by atoms with E-state index in [2.05, 4.69) is 18.5 Å². The van der Waals surface area contributed by atoms with E-state index in [0.29, 0.717) is 23.7 Å². The summed E-state index contributed by atoms with van der Waals surface area (Å²) in [5.74, 6) is 0.883. The minimum absolute atomic E-state index is 0.0151. The fraction of sp³-hybridized carbons (Fsp3) is 0.455.